The van der Waals surface area contributed by atoms with Crippen molar-refractivity contribution < 1.29 is 23.9 Å². The summed E-state index contributed by atoms with van der Waals surface area (Å²) < 4.78 is 10.3. The number of nitrogens with zero attached hydrogens (tertiary/aromatic N) is 1. The number of carbonyl (C=O) groups excluding carboxylic acids is 3. The molecule has 0 saturated heterocycles. The molecule has 154 valence electrons. The topological polar surface area (TPSA) is 84.9 Å². The number of anilines is 1. The first-order valence-electron chi connectivity index (χ1n) is 9.34. The number of ether oxygens (including phenoxy) is 2. The molecule has 0 unspecified atom stereocenters. The van der Waals surface area contributed by atoms with E-state index in [1.54, 1.807) is 33.0 Å². The Hall–Kier alpha value is -3.35. The van der Waals surface area contributed by atoms with E-state index in [1.807, 2.05) is 48.5 Å². The van der Waals surface area contributed by atoms with Crippen molar-refractivity contribution >= 4 is 23.7 Å². The van der Waals surface area contributed by atoms with E-state index < -0.39 is 24.7 Å². The van der Waals surface area contributed by atoms with E-state index in [2.05, 4.69) is 5.32 Å². The highest BCUT2D eigenvalue weighted by molar-refractivity contribution is 5.95. The normalized spacial score (nSPS) is 11.4. The molecule has 0 aliphatic rings. The Kier molecular flexibility index (Phi) is 8.21. The first-order chi connectivity index (χ1) is 13.9. The van der Waals surface area contributed by atoms with Crippen molar-refractivity contribution in [3.63, 3.8) is 0 Å². The van der Waals surface area contributed by atoms with Crippen LogP contribution in [-0.2, 0) is 25.7 Å². The zero-order valence-electron chi connectivity index (χ0n) is 16.8. The number of carbonyl (C=O) groups is 3. The molecule has 0 saturated carbocycles. The third-order valence-electron chi connectivity index (χ3n) is 4.26. The molecular weight excluding hydrogens is 372 g/mol. The van der Waals surface area contributed by atoms with E-state index in [4.69, 9.17) is 9.47 Å². The first-order valence-corrected chi connectivity index (χ1v) is 9.34. The Morgan fingerprint density at radius 1 is 0.931 bits per heavy atom. The number of para-hydroxylation sites is 1. The molecule has 0 bridgehead atoms. The smallest absolute Gasteiger partial charge is 0.408 e. The summed E-state index contributed by atoms with van der Waals surface area (Å²) >= 11 is 0. The Morgan fingerprint density at radius 2 is 1.52 bits per heavy atom. The minimum atomic E-state index is -0.923. The minimum Gasteiger partial charge on any atom is -0.454 e. The molecule has 0 spiro atoms. The van der Waals surface area contributed by atoms with E-state index in [1.165, 1.54) is 4.90 Å². The van der Waals surface area contributed by atoms with Crippen LogP contribution in [0.25, 0.3) is 0 Å². The molecule has 0 aliphatic carbocycles. The van der Waals surface area contributed by atoms with Gasteiger partial charge in [-0.3, -0.25) is 4.79 Å². The van der Waals surface area contributed by atoms with Crippen LogP contribution in [-0.4, -0.2) is 37.7 Å². The van der Waals surface area contributed by atoms with Gasteiger partial charge in [0.1, 0.15) is 12.6 Å². The third kappa shape index (κ3) is 6.95. The Balaban J connectivity index is 1.85. The van der Waals surface area contributed by atoms with Crippen LogP contribution in [0.3, 0.4) is 0 Å². The van der Waals surface area contributed by atoms with Crippen molar-refractivity contribution in [1.29, 1.82) is 0 Å². The lowest BCUT2D eigenvalue weighted by atomic mass is 10.1. The van der Waals surface area contributed by atoms with E-state index >= 15 is 0 Å². The lowest BCUT2D eigenvalue weighted by Crippen LogP contribution is -2.46. The highest BCUT2D eigenvalue weighted by Crippen LogP contribution is 2.12. The van der Waals surface area contributed by atoms with Gasteiger partial charge in [-0.15, -0.1) is 0 Å². The molecule has 0 aromatic heterocycles. The van der Waals surface area contributed by atoms with E-state index in [-0.39, 0.29) is 18.4 Å². The summed E-state index contributed by atoms with van der Waals surface area (Å²) in [6.07, 6.45) is -0.725. The van der Waals surface area contributed by atoms with Crippen molar-refractivity contribution in [2.45, 2.75) is 26.5 Å². The molecule has 0 aliphatic heterocycles. The molecule has 0 fully saturated rings. The quantitative estimate of drug-likeness (QED) is 0.691. The van der Waals surface area contributed by atoms with Gasteiger partial charge in [0.05, 0.1) is 0 Å². The van der Waals surface area contributed by atoms with Gasteiger partial charge in [0.15, 0.2) is 6.61 Å². The Bertz CT molecular complexity index is 808. The number of benzene rings is 2. The molecule has 7 heteroatoms. The zero-order valence-corrected chi connectivity index (χ0v) is 16.8. The molecule has 2 rings (SSSR count). The standard InChI is InChI=1S/C22H26N2O5/c1-16(2)20(23-22(27)29-14-17-10-6-4-7-11-17)21(26)28-15-19(25)24(3)18-12-8-5-9-13-18/h4-13,16,20H,14-15H2,1-3H3,(H,23,27)/t20-/m0/s1. The van der Waals surface area contributed by atoms with Gasteiger partial charge in [0.2, 0.25) is 0 Å². The molecule has 0 heterocycles. The largest absolute Gasteiger partial charge is 0.454 e. The summed E-state index contributed by atoms with van der Waals surface area (Å²) in [5, 5.41) is 2.51. The maximum atomic E-state index is 12.4. The predicted molar refractivity (Wildman–Crippen MR) is 109 cm³/mol. The summed E-state index contributed by atoms with van der Waals surface area (Å²) in [7, 11) is 1.60. The van der Waals surface area contributed by atoms with E-state index in [0.29, 0.717) is 5.69 Å². The average Bonchev–Trinajstić information content (AvgIpc) is 2.74. The number of nitrogens with one attached hydrogen (secondary N) is 1. The lowest BCUT2D eigenvalue weighted by Gasteiger charge is -2.22. The van der Waals surface area contributed by atoms with E-state index in [0.717, 1.165) is 5.56 Å². The first kappa shape index (κ1) is 21.9. The zero-order chi connectivity index (χ0) is 21.2. The van der Waals surface area contributed by atoms with Gasteiger partial charge < -0.3 is 19.7 Å². The predicted octanol–water partition coefficient (Wildman–Crippen LogP) is 3.14. The summed E-state index contributed by atoms with van der Waals surface area (Å²) in [5.74, 6) is -1.31. The van der Waals surface area contributed by atoms with Crippen LogP contribution in [0, 0.1) is 5.92 Å². The van der Waals surface area contributed by atoms with Gasteiger partial charge in [0.25, 0.3) is 5.91 Å². The van der Waals surface area contributed by atoms with Crippen LogP contribution >= 0.6 is 0 Å². The average molecular weight is 398 g/mol. The molecule has 1 atom stereocenters. The van der Waals surface area contributed by atoms with Crippen molar-refractivity contribution in [1.82, 2.24) is 5.32 Å². The second-order valence-electron chi connectivity index (χ2n) is 6.82. The summed E-state index contributed by atoms with van der Waals surface area (Å²) in [6, 6.07) is 17.3. The molecule has 2 aromatic rings. The van der Waals surface area contributed by atoms with Crippen molar-refractivity contribution in [2.24, 2.45) is 5.92 Å². The van der Waals surface area contributed by atoms with Crippen molar-refractivity contribution in [3.8, 4) is 0 Å². The molecule has 2 aromatic carbocycles. The van der Waals surface area contributed by atoms with Crippen molar-refractivity contribution in [2.75, 3.05) is 18.6 Å². The number of likely N-dealkylation sites (N-methyl/N-ethyl adjacent to an activating group) is 1. The third-order valence-corrected chi connectivity index (χ3v) is 4.26. The number of amides is 2. The van der Waals surface area contributed by atoms with Gasteiger partial charge in [-0.1, -0.05) is 62.4 Å². The van der Waals surface area contributed by atoms with Gasteiger partial charge in [-0.05, 0) is 23.6 Å². The fraction of sp³-hybridized carbons (Fsp3) is 0.318. The molecule has 7 nitrogen and oxygen atoms in total. The number of esters is 1. The summed E-state index contributed by atoms with van der Waals surface area (Å²) in [5.41, 5.74) is 1.53. The monoisotopic (exact) mass is 398 g/mol. The maximum absolute atomic E-state index is 12.4. The van der Waals surface area contributed by atoms with Crippen LogP contribution in [0.15, 0.2) is 60.7 Å². The highest BCUT2D eigenvalue weighted by atomic mass is 16.6. The van der Waals surface area contributed by atoms with Crippen LogP contribution in [0.4, 0.5) is 10.5 Å². The lowest BCUT2D eigenvalue weighted by molar-refractivity contribution is -0.150. The second-order valence-corrected chi connectivity index (χ2v) is 6.82. The SMILES string of the molecule is CC(C)[C@H](NC(=O)OCc1ccccc1)C(=O)OCC(=O)N(C)c1ccccc1. The molecule has 0 radical (unpaired) electrons. The number of alkyl carbamates (subject to hydrolysis) is 1. The Labute approximate surface area is 170 Å². The van der Waals surface area contributed by atoms with Crippen LogP contribution in [0.2, 0.25) is 0 Å². The summed E-state index contributed by atoms with van der Waals surface area (Å²) in [4.78, 5) is 38.1. The second kappa shape index (κ2) is 10.8. The maximum Gasteiger partial charge on any atom is 0.408 e. The van der Waals surface area contributed by atoms with Gasteiger partial charge in [-0.25, -0.2) is 9.59 Å². The van der Waals surface area contributed by atoms with Crippen LogP contribution in [0.1, 0.15) is 19.4 Å². The Morgan fingerprint density at radius 3 is 2.10 bits per heavy atom. The number of rotatable bonds is 8. The number of hydrogen-bond donors (Lipinski definition) is 1. The minimum absolute atomic E-state index is 0.0902. The van der Waals surface area contributed by atoms with Crippen LogP contribution in [0.5, 0.6) is 0 Å². The van der Waals surface area contributed by atoms with Gasteiger partial charge in [-0.2, -0.15) is 0 Å². The van der Waals surface area contributed by atoms with Crippen molar-refractivity contribution in [3.05, 3.63) is 66.2 Å². The molecular formula is C22H26N2O5. The summed E-state index contributed by atoms with van der Waals surface area (Å²) in [6.45, 7) is 3.20. The number of hydrogen-bond acceptors (Lipinski definition) is 5. The van der Waals surface area contributed by atoms with E-state index in [9.17, 15) is 14.4 Å². The highest BCUT2D eigenvalue weighted by Gasteiger charge is 2.27. The molecule has 1 N–H and O–H groups in total. The fourth-order valence-corrected chi connectivity index (χ4v) is 2.50. The van der Waals surface area contributed by atoms with Gasteiger partial charge in [0, 0.05) is 12.7 Å². The fourth-order valence-electron chi connectivity index (χ4n) is 2.50. The van der Waals surface area contributed by atoms with Crippen LogP contribution < -0.4 is 10.2 Å². The van der Waals surface area contributed by atoms with Gasteiger partial charge >= 0.3 is 12.1 Å². The molecule has 2 amide bonds. The molecule has 29 heavy (non-hydrogen) atoms.